The second-order valence-corrected chi connectivity index (χ2v) is 9.89. The van der Waals surface area contributed by atoms with Gasteiger partial charge in [0.05, 0.1) is 12.1 Å². The number of halogens is 1. The molecule has 4 heterocycles. The Bertz CT molecular complexity index is 1080. The van der Waals surface area contributed by atoms with Gasteiger partial charge in [-0.15, -0.1) is 11.3 Å². The number of amides is 1. The Morgan fingerprint density at radius 2 is 1.97 bits per heavy atom. The van der Waals surface area contributed by atoms with E-state index in [1.807, 2.05) is 11.0 Å². The molecule has 8 heteroatoms. The van der Waals surface area contributed by atoms with Crippen LogP contribution in [0, 0.1) is 11.7 Å². The van der Waals surface area contributed by atoms with Crippen molar-refractivity contribution in [3.63, 3.8) is 0 Å². The van der Waals surface area contributed by atoms with E-state index in [0.717, 1.165) is 74.9 Å². The maximum absolute atomic E-state index is 13.5. The van der Waals surface area contributed by atoms with Gasteiger partial charge in [-0.3, -0.25) is 14.7 Å². The third-order valence-corrected chi connectivity index (χ3v) is 7.60. The van der Waals surface area contributed by atoms with E-state index in [2.05, 4.69) is 31.9 Å². The Morgan fingerprint density at radius 3 is 2.76 bits per heavy atom. The zero-order valence-electron chi connectivity index (χ0n) is 18.6. The van der Waals surface area contributed by atoms with Crippen molar-refractivity contribution in [1.29, 1.82) is 0 Å². The summed E-state index contributed by atoms with van der Waals surface area (Å²) in [5.74, 6) is 0.945. The van der Waals surface area contributed by atoms with Gasteiger partial charge in [-0.1, -0.05) is 12.1 Å². The quantitative estimate of drug-likeness (QED) is 0.572. The number of hydrogen-bond acceptors (Lipinski definition) is 6. The molecule has 0 saturated carbocycles. The molecule has 2 fully saturated rings. The van der Waals surface area contributed by atoms with Crippen molar-refractivity contribution in [2.45, 2.75) is 19.4 Å². The SMILES string of the molecule is O=C(C1CCCN(c2cnccn2)C1)N1CCN(Cc2ccc(-c3cccc(F)c3)s2)CC1. The summed E-state index contributed by atoms with van der Waals surface area (Å²) in [4.78, 5) is 30.7. The fraction of sp³-hybridized carbons (Fsp3) is 0.400. The minimum absolute atomic E-state index is 0.0263. The van der Waals surface area contributed by atoms with E-state index in [9.17, 15) is 9.18 Å². The summed E-state index contributed by atoms with van der Waals surface area (Å²) >= 11 is 1.71. The second kappa shape index (κ2) is 9.97. The van der Waals surface area contributed by atoms with Crippen molar-refractivity contribution in [2.24, 2.45) is 5.92 Å². The van der Waals surface area contributed by atoms with E-state index in [1.165, 1.54) is 10.9 Å². The topological polar surface area (TPSA) is 52.6 Å². The van der Waals surface area contributed by atoms with Gasteiger partial charge in [-0.25, -0.2) is 9.37 Å². The highest BCUT2D eigenvalue weighted by Gasteiger charge is 2.31. The molecule has 0 spiro atoms. The summed E-state index contributed by atoms with van der Waals surface area (Å²) in [6, 6.07) is 10.9. The molecule has 0 bridgehead atoms. The minimum atomic E-state index is -0.207. The number of piperazine rings is 1. The highest BCUT2D eigenvalue weighted by molar-refractivity contribution is 7.15. The summed E-state index contributed by atoms with van der Waals surface area (Å²) < 4.78 is 13.5. The number of carbonyl (C=O) groups excluding carboxylic acids is 1. The van der Waals surface area contributed by atoms with Gasteiger partial charge < -0.3 is 9.80 Å². The van der Waals surface area contributed by atoms with Crippen molar-refractivity contribution < 1.29 is 9.18 Å². The highest BCUT2D eigenvalue weighted by atomic mass is 32.1. The van der Waals surface area contributed by atoms with E-state index in [4.69, 9.17) is 0 Å². The van der Waals surface area contributed by atoms with Crippen molar-refractivity contribution >= 4 is 23.1 Å². The summed E-state index contributed by atoms with van der Waals surface area (Å²) in [5.41, 5.74) is 0.921. The van der Waals surface area contributed by atoms with Crippen LogP contribution in [-0.4, -0.2) is 64.9 Å². The molecule has 2 aromatic heterocycles. The fourth-order valence-corrected chi connectivity index (χ4v) is 5.75. The predicted molar refractivity (Wildman–Crippen MR) is 129 cm³/mol. The lowest BCUT2D eigenvalue weighted by atomic mass is 9.96. The lowest BCUT2D eigenvalue weighted by Gasteiger charge is -2.39. The molecule has 172 valence electrons. The molecule has 1 unspecified atom stereocenters. The van der Waals surface area contributed by atoms with Gasteiger partial charge in [0.25, 0.3) is 0 Å². The zero-order valence-corrected chi connectivity index (χ0v) is 19.4. The van der Waals surface area contributed by atoms with E-state index >= 15 is 0 Å². The van der Waals surface area contributed by atoms with Crippen molar-refractivity contribution in [3.05, 3.63) is 65.7 Å². The molecule has 1 aromatic carbocycles. The van der Waals surface area contributed by atoms with Crippen LogP contribution in [0.1, 0.15) is 17.7 Å². The predicted octanol–water partition coefficient (Wildman–Crippen LogP) is 3.91. The van der Waals surface area contributed by atoms with Crippen LogP contribution in [0.5, 0.6) is 0 Å². The smallest absolute Gasteiger partial charge is 0.227 e. The summed E-state index contributed by atoms with van der Waals surface area (Å²) in [5, 5.41) is 0. The van der Waals surface area contributed by atoms with Crippen molar-refractivity contribution in [2.75, 3.05) is 44.2 Å². The molecule has 3 aromatic rings. The van der Waals surface area contributed by atoms with Crippen LogP contribution in [0.25, 0.3) is 10.4 Å². The number of rotatable bonds is 5. The number of thiophene rings is 1. The average Bonchev–Trinajstić information content (AvgIpc) is 3.33. The molecular weight excluding hydrogens is 437 g/mol. The Hall–Kier alpha value is -2.84. The number of hydrogen-bond donors (Lipinski definition) is 0. The molecule has 1 amide bonds. The summed E-state index contributed by atoms with van der Waals surface area (Å²) in [6.07, 6.45) is 7.09. The first kappa shape index (κ1) is 22.0. The first-order valence-electron chi connectivity index (χ1n) is 11.5. The maximum Gasteiger partial charge on any atom is 0.227 e. The molecule has 33 heavy (non-hydrogen) atoms. The van der Waals surface area contributed by atoms with Crippen LogP contribution in [-0.2, 0) is 11.3 Å². The van der Waals surface area contributed by atoms with Crippen LogP contribution >= 0.6 is 11.3 Å². The molecule has 2 saturated heterocycles. The first-order valence-corrected chi connectivity index (χ1v) is 12.3. The highest BCUT2D eigenvalue weighted by Crippen LogP contribution is 2.29. The van der Waals surface area contributed by atoms with E-state index < -0.39 is 0 Å². The van der Waals surface area contributed by atoms with Crippen molar-refractivity contribution in [1.82, 2.24) is 19.8 Å². The molecule has 1 atom stereocenters. The minimum Gasteiger partial charge on any atom is -0.355 e. The number of nitrogens with zero attached hydrogens (tertiary/aromatic N) is 5. The van der Waals surface area contributed by atoms with Crippen LogP contribution in [0.15, 0.2) is 55.0 Å². The maximum atomic E-state index is 13.5. The molecule has 0 aliphatic carbocycles. The Balaban J connectivity index is 1.13. The Kier molecular flexibility index (Phi) is 6.64. The monoisotopic (exact) mass is 465 g/mol. The van der Waals surface area contributed by atoms with Gasteiger partial charge in [-0.05, 0) is 42.7 Å². The number of piperidine rings is 1. The van der Waals surface area contributed by atoms with Gasteiger partial charge in [0.1, 0.15) is 11.6 Å². The number of carbonyl (C=O) groups is 1. The summed E-state index contributed by atoms with van der Waals surface area (Å²) in [6.45, 7) is 5.79. The average molecular weight is 466 g/mol. The molecular formula is C25H28FN5OS. The lowest BCUT2D eigenvalue weighted by molar-refractivity contribution is -0.137. The second-order valence-electron chi connectivity index (χ2n) is 8.73. The fourth-order valence-electron chi connectivity index (χ4n) is 4.71. The van der Waals surface area contributed by atoms with E-state index in [-0.39, 0.29) is 17.6 Å². The number of aromatic nitrogens is 2. The van der Waals surface area contributed by atoms with Crippen LogP contribution in [0.3, 0.4) is 0 Å². The largest absolute Gasteiger partial charge is 0.355 e. The third kappa shape index (κ3) is 5.23. The lowest BCUT2D eigenvalue weighted by Crippen LogP contribution is -2.52. The molecule has 0 N–H and O–H groups in total. The van der Waals surface area contributed by atoms with Crippen LogP contribution in [0.4, 0.5) is 10.2 Å². The van der Waals surface area contributed by atoms with Crippen molar-refractivity contribution in [3.8, 4) is 10.4 Å². The molecule has 0 radical (unpaired) electrons. The molecule has 5 rings (SSSR count). The number of benzene rings is 1. The normalized spacial score (nSPS) is 19.6. The van der Waals surface area contributed by atoms with Crippen LogP contribution in [0.2, 0.25) is 0 Å². The molecule has 2 aliphatic heterocycles. The molecule has 6 nitrogen and oxygen atoms in total. The van der Waals surface area contributed by atoms with E-state index in [1.54, 1.807) is 42.1 Å². The van der Waals surface area contributed by atoms with Gasteiger partial charge in [0, 0.05) is 68.0 Å². The Labute approximate surface area is 197 Å². The molecule has 2 aliphatic rings. The Morgan fingerprint density at radius 1 is 1.09 bits per heavy atom. The number of anilines is 1. The van der Waals surface area contributed by atoms with Gasteiger partial charge >= 0.3 is 0 Å². The van der Waals surface area contributed by atoms with Gasteiger partial charge in [0.15, 0.2) is 0 Å². The first-order chi connectivity index (χ1) is 16.2. The van der Waals surface area contributed by atoms with Gasteiger partial charge in [0.2, 0.25) is 5.91 Å². The van der Waals surface area contributed by atoms with Gasteiger partial charge in [-0.2, -0.15) is 0 Å². The van der Waals surface area contributed by atoms with Crippen LogP contribution < -0.4 is 4.90 Å². The summed E-state index contributed by atoms with van der Waals surface area (Å²) in [7, 11) is 0. The van der Waals surface area contributed by atoms with E-state index in [0.29, 0.717) is 0 Å². The zero-order chi connectivity index (χ0) is 22.6. The third-order valence-electron chi connectivity index (χ3n) is 6.48. The standard InChI is InChI=1S/C25H28FN5OS/c26-21-5-1-3-19(15-21)23-7-6-22(33-23)18-29-11-13-30(14-12-29)25(32)20-4-2-10-31(17-20)24-16-27-8-9-28-24/h1,3,5-9,15-16,20H,2,4,10-14,17-18H2.